The van der Waals surface area contributed by atoms with Crippen molar-refractivity contribution in [2.45, 2.75) is 70.4 Å². The SMILES string of the molecule is CC1CCCC(CN2CCCC(NC3CC3)C2)C1. The van der Waals surface area contributed by atoms with Gasteiger partial charge in [0.25, 0.3) is 0 Å². The summed E-state index contributed by atoms with van der Waals surface area (Å²) in [5.41, 5.74) is 0. The summed E-state index contributed by atoms with van der Waals surface area (Å²) in [6.07, 6.45) is 11.6. The molecule has 0 bridgehead atoms. The molecule has 3 aliphatic rings. The van der Waals surface area contributed by atoms with Crippen LogP contribution >= 0.6 is 0 Å². The highest BCUT2D eigenvalue weighted by Gasteiger charge is 2.29. The third kappa shape index (κ3) is 3.71. The Kier molecular flexibility index (Phi) is 4.25. The maximum absolute atomic E-state index is 3.83. The lowest BCUT2D eigenvalue weighted by Gasteiger charge is -2.37. The molecule has 2 heteroatoms. The molecule has 2 nitrogen and oxygen atoms in total. The molecule has 1 saturated heterocycles. The molecule has 0 aromatic rings. The van der Waals surface area contributed by atoms with Crippen molar-refractivity contribution in [1.29, 1.82) is 0 Å². The molecule has 2 saturated carbocycles. The lowest BCUT2D eigenvalue weighted by atomic mass is 9.82. The number of nitrogens with one attached hydrogen (secondary N) is 1. The van der Waals surface area contributed by atoms with Crippen molar-refractivity contribution in [3.8, 4) is 0 Å². The number of nitrogens with zero attached hydrogens (tertiary/aromatic N) is 1. The Bertz CT molecular complexity index is 262. The lowest BCUT2D eigenvalue weighted by molar-refractivity contribution is 0.138. The smallest absolute Gasteiger partial charge is 0.0198 e. The maximum Gasteiger partial charge on any atom is 0.0198 e. The number of hydrogen-bond acceptors (Lipinski definition) is 2. The largest absolute Gasteiger partial charge is 0.310 e. The summed E-state index contributed by atoms with van der Waals surface area (Å²) in [4.78, 5) is 2.76. The van der Waals surface area contributed by atoms with Crippen LogP contribution in [0.3, 0.4) is 0 Å². The second kappa shape index (κ2) is 5.92. The summed E-state index contributed by atoms with van der Waals surface area (Å²) < 4.78 is 0. The summed E-state index contributed by atoms with van der Waals surface area (Å²) in [7, 11) is 0. The van der Waals surface area contributed by atoms with E-state index in [4.69, 9.17) is 0 Å². The Morgan fingerprint density at radius 2 is 1.89 bits per heavy atom. The van der Waals surface area contributed by atoms with Crippen LogP contribution in [-0.2, 0) is 0 Å². The predicted molar refractivity (Wildman–Crippen MR) is 76.7 cm³/mol. The van der Waals surface area contributed by atoms with Crippen molar-refractivity contribution in [3.05, 3.63) is 0 Å². The van der Waals surface area contributed by atoms with Crippen LogP contribution in [-0.4, -0.2) is 36.6 Å². The molecular weight excluding hydrogens is 220 g/mol. The van der Waals surface area contributed by atoms with Crippen LogP contribution in [0.4, 0.5) is 0 Å². The molecule has 1 aliphatic heterocycles. The summed E-state index contributed by atoms with van der Waals surface area (Å²) >= 11 is 0. The van der Waals surface area contributed by atoms with Gasteiger partial charge in [0.1, 0.15) is 0 Å². The average Bonchev–Trinajstić information content (AvgIpc) is 3.13. The van der Waals surface area contributed by atoms with Gasteiger partial charge in [-0.3, -0.25) is 0 Å². The van der Waals surface area contributed by atoms with Crippen LogP contribution in [0.5, 0.6) is 0 Å². The normalized spacial score (nSPS) is 38.8. The van der Waals surface area contributed by atoms with Crippen LogP contribution in [0.15, 0.2) is 0 Å². The molecule has 3 rings (SSSR count). The average molecular weight is 250 g/mol. The molecule has 1 N–H and O–H groups in total. The minimum Gasteiger partial charge on any atom is -0.310 e. The van der Waals surface area contributed by atoms with Crippen LogP contribution < -0.4 is 5.32 Å². The van der Waals surface area contributed by atoms with E-state index in [2.05, 4.69) is 17.1 Å². The Hall–Kier alpha value is -0.0800. The van der Waals surface area contributed by atoms with Crippen LogP contribution in [0.25, 0.3) is 0 Å². The summed E-state index contributed by atoms with van der Waals surface area (Å²) in [6, 6.07) is 1.68. The van der Waals surface area contributed by atoms with Crippen LogP contribution in [0.1, 0.15) is 58.3 Å². The monoisotopic (exact) mass is 250 g/mol. The molecular formula is C16H30N2. The molecule has 104 valence electrons. The van der Waals surface area contributed by atoms with Gasteiger partial charge in [-0.15, -0.1) is 0 Å². The predicted octanol–water partition coefficient (Wildman–Crippen LogP) is 3.03. The second-order valence-corrected chi connectivity index (χ2v) is 7.18. The zero-order chi connectivity index (χ0) is 12.4. The molecule has 18 heavy (non-hydrogen) atoms. The van der Waals surface area contributed by atoms with Gasteiger partial charge in [-0.1, -0.05) is 19.8 Å². The first-order valence-corrected chi connectivity index (χ1v) is 8.28. The molecule has 0 spiro atoms. The van der Waals surface area contributed by atoms with Crippen molar-refractivity contribution in [1.82, 2.24) is 10.2 Å². The summed E-state index contributed by atoms with van der Waals surface area (Å²) in [5, 5.41) is 3.83. The van der Waals surface area contributed by atoms with E-state index in [9.17, 15) is 0 Å². The van der Waals surface area contributed by atoms with E-state index in [0.29, 0.717) is 0 Å². The van der Waals surface area contributed by atoms with Crippen molar-refractivity contribution in [2.75, 3.05) is 19.6 Å². The van der Waals surface area contributed by atoms with Crippen LogP contribution in [0, 0.1) is 11.8 Å². The van der Waals surface area contributed by atoms with Gasteiger partial charge in [0.2, 0.25) is 0 Å². The van der Waals surface area contributed by atoms with Crippen molar-refractivity contribution < 1.29 is 0 Å². The molecule has 0 amide bonds. The number of piperidine rings is 1. The fourth-order valence-electron chi connectivity index (χ4n) is 4.03. The van der Waals surface area contributed by atoms with E-state index in [-0.39, 0.29) is 0 Å². The van der Waals surface area contributed by atoms with E-state index in [0.717, 1.165) is 23.9 Å². The van der Waals surface area contributed by atoms with Crippen molar-refractivity contribution in [2.24, 2.45) is 11.8 Å². The molecule has 3 fully saturated rings. The number of likely N-dealkylation sites (tertiary alicyclic amines) is 1. The first-order valence-electron chi connectivity index (χ1n) is 8.28. The van der Waals surface area contributed by atoms with E-state index >= 15 is 0 Å². The minimum atomic E-state index is 0.798. The Morgan fingerprint density at radius 1 is 1.00 bits per heavy atom. The van der Waals surface area contributed by atoms with E-state index < -0.39 is 0 Å². The highest BCUT2D eigenvalue weighted by molar-refractivity contribution is 4.88. The van der Waals surface area contributed by atoms with Gasteiger partial charge >= 0.3 is 0 Å². The second-order valence-electron chi connectivity index (χ2n) is 7.18. The highest BCUT2D eigenvalue weighted by Crippen LogP contribution is 2.30. The van der Waals surface area contributed by atoms with Crippen LogP contribution in [0.2, 0.25) is 0 Å². The Balaban J connectivity index is 1.43. The minimum absolute atomic E-state index is 0.798. The van der Waals surface area contributed by atoms with Gasteiger partial charge < -0.3 is 10.2 Å². The third-order valence-corrected chi connectivity index (χ3v) is 5.12. The molecule has 0 aromatic heterocycles. The Labute approximate surface area is 113 Å². The van der Waals surface area contributed by atoms with E-state index in [1.165, 1.54) is 71.0 Å². The van der Waals surface area contributed by atoms with Crippen molar-refractivity contribution in [3.63, 3.8) is 0 Å². The third-order valence-electron chi connectivity index (χ3n) is 5.12. The molecule has 3 unspecified atom stereocenters. The van der Waals surface area contributed by atoms with E-state index in [1.54, 1.807) is 0 Å². The quantitative estimate of drug-likeness (QED) is 0.825. The molecule has 1 heterocycles. The molecule has 0 radical (unpaired) electrons. The standard InChI is InChI=1S/C16H30N2/c1-13-4-2-5-14(10-13)11-18-9-3-6-16(12-18)17-15-7-8-15/h13-17H,2-12H2,1H3. The lowest BCUT2D eigenvalue weighted by Crippen LogP contribution is -2.48. The maximum atomic E-state index is 3.83. The van der Waals surface area contributed by atoms with Gasteiger partial charge in [0.05, 0.1) is 0 Å². The summed E-state index contributed by atoms with van der Waals surface area (Å²) in [5.74, 6) is 1.97. The van der Waals surface area contributed by atoms with Crippen molar-refractivity contribution >= 4 is 0 Å². The highest BCUT2D eigenvalue weighted by atomic mass is 15.2. The van der Waals surface area contributed by atoms with Gasteiger partial charge in [-0.05, 0) is 56.9 Å². The van der Waals surface area contributed by atoms with Gasteiger partial charge in [0.15, 0.2) is 0 Å². The number of rotatable bonds is 4. The molecule has 3 atom stereocenters. The summed E-state index contributed by atoms with van der Waals surface area (Å²) in [6.45, 7) is 6.50. The zero-order valence-corrected chi connectivity index (χ0v) is 12.0. The van der Waals surface area contributed by atoms with E-state index in [1.807, 2.05) is 0 Å². The van der Waals surface area contributed by atoms with Gasteiger partial charge in [-0.2, -0.15) is 0 Å². The topological polar surface area (TPSA) is 15.3 Å². The molecule has 0 aromatic carbocycles. The van der Waals surface area contributed by atoms with Gasteiger partial charge in [-0.25, -0.2) is 0 Å². The van der Waals surface area contributed by atoms with Gasteiger partial charge in [0, 0.05) is 25.2 Å². The fraction of sp³-hybridized carbons (Fsp3) is 1.00. The molecule has 2 aliphatic carbocycles. The number of hydrogen-bond donors (Lipinski definition) is 1. The first-order chi connectivity index (χ1) is 8.79. The fourth-order valence-corrected chi connectivity index (χ4v) is 4.03. The Morgan fingerprint density at radius 3 is 2.67 bits per heavy atom. The zero-order valence-electron chi connectivity index (χ0n) is 12.0. The first kappa shape index (κ1) is 12.9.